The second-order valence-electron chi connectivity index (χ2n) is 5.59. The number of carboxylic acids is 1. The van der Waals surface area contributed by atoms with E-state index in [1.165, 1.54) is 0 Å². The normalized spacial score (nSPS) is 16.8. The second-order valence-corrected chi connectivity index (χ2v) is 5.59. The lowest BCUT2D eigenvalue weighted by Gasteiger charge is -2.28. The lowest BCUT2D eigenvalue weighted by Crippen LogP contribution is -2.53. The van der Waals surface area contributed by atoms with E-state index in [2.05, 4.69) is 16.0 Å². The van der Waals surface area contributed by atoms with E-state index in [0.717, 1.165) is 12.8 Å². The Morgan fingerprint density at radius 3 is 2.30 bits per heavy atom. The highest BCUT2D eigenvalue weighted by molar-refractivity contribution is 5.84. The molecule has 0 aromatic carbocycles. The fraction of sp³-hybridized carbons (Fsp3) is 0.769. The Morgan fingerprint density at radius 2 is 1.80 bits per heavy atom. The van der Waals surface area contributed by atoms with Gasteiger partial charge in [-0.3, -0.25) is 9.59 Å². The summed E-state index contributed by atoms with van der Waals surface area (Å²) in [6, 6.07) is -0.479. The van der Waals surface area contributed by atoms with E-state index in [4.69, 9.17) is 5.11 Å². The van der Waals surface area contributed by atoms with Crippen LogP contribution in [0.15, 0.2) is 0 Å². The topological polar surface area (TPSA) is 108 Å². The van der Waals surface area contributed by atoms with Crippen LogP contribution in [0.3, 0.4) is 0 Å². The molecule has 0 spiro atoms. The monoisotopic (exact) mass is 285 g/mol. The average Bonchev–Trinajstić information content (AvgIpc) is 2.72. The summed E-state index contributed by atoms with van der Waals surface area (Å²) in [6.45, 7) is 3.55. The molecule has 3 amide bonds. The van der Waals surface area contributed by atoms with Gasteiger partial charge in [0.25, 0.3) is 0 Å². The molecule has 1 rings (SSSR count). The minimum atomic E-state index is -0.926. The van der Waals surface area contributed by atoms with Gasteiger partial charge in [0, 0.05) is 6.04 Å². The molecule has 0 unspecified atom stereocenters. The molecular formula is C13H23N3O4. The first-order chi connectivity index (χ1) is 9.33. The number of amides is 3. The molecule has 7 nitrogen and oxygen atoms in total. The van der Waals surface area contributed by atoms with Gasteiger partial charge in [-0.05, 0) is 26.7 Å². The molecule has 0 heterocycles. The van der Waals surface area contributed by atoms with Crippen molar-refractivity contribution in [2.45, 2.75) is 57.5 Å². The van der Waals surface area contributed by atoms with Gasteiger partial charge < -0.3 is 21.1 Å². The number of carboxylic acid groups (broad SMARTS) is 1. The summed E-state index contributed by atoms with van der Waals surface area (Å²) < 4.78 is 0. The van der Waals surface area contributed by atoms with Crippen LogP contribution >= 0.6 is 0 Å². The standard InChI is InChI=1S/C13H23N3O4/c1-9(2)15-10(17)8-14-12(20)16-13(7-11(18)19)5-3-4-6-13/h9H,3-8H2,1-2H3,(H,15,17)(H,18,19)(H2,14,16,20). The van der Waals surface area contributed by atoms with Crippen molar-refractivity contribution >= 4 is 17.9 Å². The highest BCUT2D eigenvalue weighted by Gasteiger charge is 2.37. The number of carbonyl (C=O) groups excluding carboxylic acids is 2. The van der Waals surface area contributed by atoms with Gasteiger partial charge >= 0.3 is 12.0 Å². The van der Waals surface area contributed by atoms with Crippen molar-refractivity contribution in [2.75, 3.05) is 6.54 Å². The lowest BCUT2D eigenvalue weighted by molar-refractivity contribution is -0.138. The number of urea groups is 1. The summed E-state index contributed by atoms with van der Waals surface area (Å²) >= 11 is 0. The van der Waals surface area contributed by atoms with Gasteiger partial charge in [-0.1, -0.05) is 12.8 Å². The summed E-state index contributed by atoms with van der Waals surface area (Å²) in [4.78, 5) is 34.1. The van der Waals surface area contributed by atoms with Gasteiger partial charge in [0.2, 0.25) is 5.91 Å². The van der Waals surface area contributed by atoms with Gasteiger partial charge in [0.05, 0.1) is 18.5 Å². The van der Waals surface area contributed by atoms with Gasteiger partial charge in [0.15, 0.2) is 0 Å². The van der Waals surface area contributed by atoms with E-state index in [9.17, 15) is 14.4 Å². The van der Waals surface area contributed by atoms with Crippen molar-refractivity contribution in [3.8, 4) is 0 Å². The van der Waals surface area contributed by atoms with E-state index in [-0.39, 0.29) is 24.9 Å². The van der Waals surface area contributed by atoms with Gasteiger partial charge in [-0.2, -0.15) is 0 Å². The van der Waals surface area contributed by atoms with Crippen molar-refractivity contribution in [3.63, 3.8) is 0 Å². The molecule has 4 N–H and O–H groups in total. The number of hydrogen-bond donors (Lipinski definition) is 4. The molecular weight excluding hydrogens is 262 g/mol. The van der Waals surface area contributed by atoms with Crippen molar-refractivity contribution in [2.24, 2.45) is 0 Å². The Hall–Kier alpha value is -1.79. The third-order valence-corrected chi connectivity index (χ3v) is 3.29. The Balaban J connectivity index is 2.43. The third kappa shape index (κ3) is 5.46. The zero-order valence-corrected chi connectivity index (χ0v) is 12.0. The highest BCUT2D eigenvalue weighted by atomic mass is 16.4. The molecule has 1 saturated carbocycles. The Kier molecular flexibility index (Phi) is 5.79. The van der Waals surface area contributed by atoms with Crippen LogP contribution in [0, 0.1) is 0 Å². The van der Waals surface area contributed by atoms with Crippen molar-refractivity contribution in [3.05, 3.63) is 0 Å². The van der Waals surface area contributed by atoms with Crippen LogP contribution in [0.4, 0.5) is 4.79 Å². The van der Waals surface area contributed by atoms with Gasteiger partial charge in [-0.25, -0.2) is 4.79 Å². The van der Waals surface area contributed by atoms with Crippen LogP contribution in [-0.2, 0) is 9.59 Å². The molecule has 20 heavy (non-hydrogen) atoms. The molecule has 0 aromatic heterocycles. The fourth-order valence-corrected chi connectivity index (χ4v) is 2.51. The molecule has 1 fully saturated rings. The van der Waals surface area contributed by atoms with Gasteiger partial charge in [-0.15, -0.1) is 0 Å². The van der Waals surface area contributed by atoms with Crippen LogP contribution in [-0.4, -0.2) is 41.1 Å². The van der Waals surface area contributed by atoms with Crippen LogP contribution < -0.4 is 16.0 Å². The Morgan fingerprint density at radius 1 is 1.20 bits per heavy atom. The molecule has 0 radical (unpaired) electrons. The second kappa shape index (κ2) is 7.12. The van der Waals surface area contributed by atoms with Crippen molar-refractivity contribution in [1.82, 2.24) is 16.0 Å². The molecule has 7 heteroatoms. The molecule has 0 atom stereocenters. The van der Waals surface area contributed by atoms with Crippen LogP contribution in [0.5, 0.6) is 0 Å². The summed E-state index contributed by atoms with van der Waals surface area (Å²) in [5.74, 6) is -1.20. The minimum absolute atomic E-state index is 0.0144. The Labute approximate surface area is 118 Å². The molecule has 114 valence electrons. The van der Waals surface area contributed by atoms with E-state index in [0.29, 0.717) is 12.8 Å². The quantitative estimate of drug-likeness (QED) is 0.573. The number of hydrogen-bond acceptors (Lipinski definition) is 3. The summed E-state index contributed by atoms with van der Waals surface area (Å²) in [6.07, 6.45) is 3.04. The van der Waals surface area contributed by atoms with E-state index in [1.54, 1.807) is 0 Å². The first-order valence-electron chi connectivity index (χ1n) is 6.90. The first kappa shape index (κ1) is 16.3. The maximum atomic E-state index is 11.8. The largest absolute Gasteiger partial charge is 0.481 e. The predicted molar refractivity (Wildman–Crippen MR) is 73.3 cm³/mol. The maximum Gasteiger partial charge on any atom is 0.315 e. The van der Waals surface area contributed by atoms with E-state index < -0.39 is 17.5 Å². The molecule has 1 aliphatic carbocycles. The SMILES string of the molecule is CC(C)NC(=O)CNC(=O)NC1(CC(=O)O)CCCC1. The molecule has 0 bridgehead atoms. The minimum Gasteiger partial charge on any atom is -0.481 e. The molecule has 0 aromatic rings. The highest BCUT2D eigenvalue weighted by Crippen LogP contribution is 2.32. The van der Waals surface area contributed by atoms with Crippen LogP contribution in [0.1, 0.15) is 46.0 Å². The fourth-order valence-electron chi connectivity index (χ4n) is 2.51. The maximum absolute atomic E-state index is 11.8. The van der Waals surface area contributed by atoms with Crippen molar-refractivity contribution < 1.29 is 19.5 Å². The number of carbonyl (C=O) groups is 3. The van der Waals surface area contributed by atoms with Crippen LogP contribution in [0.25, 0.3) is 0 Å². The zero-order chi connectivity index (χ0) is 15.2. The first-order valence-corrected chi connectivity index (χ1v) is 6.90. The van der Waals surface area contributed by atoms with E-state index >= 15 is 0 Å². The van der Waals surface area contributed by atoms with E-state index in [1.807, 2.05) is 13.8 Å². The van der Waals surface area contributed by atoms with Gasteiger partial charge in [0.1, 0.15) is 0 Å². The molecule has 1 aliphatic rings. The zero-order valence-electron chi connectivity index (χ0n) is 12.0. The average molecular weight is 285 g/mol. The molecule has 0 aliphatic heterocycles. The smallest absolute Gasteiger partial charge is 0.315 e. The lowest BCUT2D eigenvalue weighted by atomic mass is 9.93. The summed E-state index contributed by atoms with van der Waals surface area (Å²) in [7, 11) is 0. The summed E-state index contributed by atoms with van der Waals surface area (Å²) in [5, 5.41) is 16.8. The predicted octanol–water partition coefficient (Wildman–Crippen LogP) is 0.598. The summed E-state index contributed by atoms with van der Waals surface area (Å²) in [5.41, 5.74) is -0.676. The number of rotatable bonds is 6. The molecule has 0 saturated heterocycles. The number of aliphatic carboxylic acids is 1. The third-order valence-electron chi connectivity index (χ3n) is 3.29. The number of nitrogens with one attached hydrogen (secondary N) is 3. The van der Waals surface area contributed by atoms with Crippen molar-refractivity contribution in [1.29, 1.82) is 0 Å². The Bertz CT molecular complexity index is 376. The van der Waals surface area contributed by atoms with Crippen LogP contribution in [0.2, 0.25) is 0 Å².